The lowest BCUT2D eigenvalue weighted by atomic mass is 10.0. The molecule has 4 rings (SSSR count). The average Bonchev–Trinajstić information content (AvgIpc) is 3.32. The first kappa shape index (κ1) is 25.4. The lowest BCUT2D eigenvalue weighted by Gasteiger charge is -2.33. The molecule has 2 aromatic carbocycles. The van der Waals surface area contributed by atoms with Gasteiger partial charge in [0.2, 0.25) is 5.91 Å². The fourth-order valence-corrected chi connectivity index (χ4v) is 4.59. The fourth-order valence-electron chi connectivity index (χ4n) is 4.46. The molecule has 1 aliphatic rings. The number of rotatable bonds is 10. The number of benzene rings is 2. The van der Waals surface area contributed by atoms with E-state index < -0.39 is 17.9 Å². The van der Waals surface area contributed by atoms with E-state index in [-0.39, 0.29) is 18.5 Å². The largest absolute Gasteiger partial charge is 0.479 e. The summed E-state index contributed by atoms with van der Waals surface area (Å²) >= 11 is 6.02. The zero-order valence-corrected chi connectivity index (χ0v) is 20.8. The molecular weight excluding hydrogens is 480 g/mol. The van der Waals surface area contributed by atoms with Crippen LogP contribution in [0.3, 0.4) is 0 Å². The van der Waals surface area contributed by atoms with E-state index in [0.717, 1.165) is 31.2 Å². The molecule has 9 heteroatoms. The molecule has 0 aliphatic carbocycles. The number of aliphatic carboxylic acids is 1. The van der Waals surface area contributed by atoms with Crippen molar-refractivity contribution in [3.05, 3.63) is 76.9 Å². The molecule has 36 heavy (non-hydrogen) atoms. The number of halogens is 1. The van der Waals surface area contributed by atoms with Crippen LogP contribution in [-0.2, 0) is 9.59 Å². The summed E-state index contributed by atoms with van der Waals surface area (Å²) in [5.41, 5.74) is 2.39. The lowest BCUT2D eigenvalue weighted by molar-refractivity contribution is -0.142. The molecule has 2 atom stereocenters. The SMILES string of the molecule is CCCCCC1CN(CC(=O)N[C@@H](C(=O)O)c2ccccc2)C(=O)c2cc(-c3ccc(Cl)cc3)nn21. The van der Waals surface area contributed by atoms with E-state index in [1.807, 2.05) is 12.1 Å². The highest BCUT2D eigenvalue weighted by Crippen LogP contribution is 2.30. The molecule has 0 radical (unpaired) electrons. The number of carbonyl (C=O) groups is 3. The van der Waals surface area contributed by atoms with E-state index >= 15 is 0 Å². The van der Waals surface area contributed by atoms with Crippen LogP contribution in [0.4, 0.5) is 0 Å². The Labute approximate surface area is 214 Å². The lowest BCUT2D eigenvalue weighted by Crippen LogP contribution is -2.48. The summed E-state index contributed by atoms with van der Waals surface area (Å²) in [7, 11) is 0. The number of hydrogen-bond donors (Lipinski definition) is 2. The van der Waals surface area contributed by atoms with Gasteiger partial charge in [-0.25, -0.2) is 4.79 Å². The highest BCUT2D eigenvalue weighted by Gasteiger charge is 2.34. The van der Waals surface area contributed by atoms with Crippen molar-refractivity contribution in [3.63, 3.8) is 0 Å². The van der Waals surface area contributed by atoms with E-state index in [1.165, 1.54) is 4.90 Å². The van der Waals surface area contributed by atoms with E-state index in [0.29, 0.717) is 28.5 Å². The van der Waals surface area contributed by atoms with Gasteiger partial charge in [0, 0.05) is 17.1 Å². The topological polar surface area (TPSA) is 105 Å². The molecule has 3 aromatic rings. The average molecular weight is 509 g/mol. The molecule has 1 unspecified atom stereocenters. The summed E-state index contributed by atoms with van der Waals surface area (Å²) in [6.45, 7) is 2.22. The Kier molecular flexibility index (Phi) is 8.05. The second-order valence-corrected chi connectivity index (χ2v) is 9.39. The first-order valence-electron chi connectivity index (χ1n) is 12.1. The summed E-state index contributed by atoms with van der Waals surface area (Å²) in [6, 6.07) is 16.2. The van der Waals surface area contributed by atoms with Crippen LogP contribution < -0.4 is 5.32 Å². The summed E-state index contributed by atoms with van der Waals surface area (Å²) < 4.78 is 1.78. The number of amides is 2. The van der Waals surface area contributed by atoms with Crippen molar-refractivity contribution in [2.24, 2.45) is 0 Å². The summed E-state index contributed by atoms with van der Waals surface area (Å²) in [6.07, 6.45) is 3.91. The second-order valence-electron chi connectivity index (χ2n) is 8.95. The second kappa shape index (κ2) is 11.4. The van der Waals surface area contributed by atoms with Gasteiger partial charge in [0.05, 0.1) is 18.3 Å². The van der Waals surface area contributed by atoms with Gasteiger partial charge in [-0.1, -0.05) is 80.3 Å². The van der Waals surface area contributed by atoms with Crippen LogP contribution in [0.25, 0.3) is 11.3 Å². The van der Waals surface area contributed by atoms with E-state index in [1.54, 1.807) is 53.2 Å². The first-order valence-corrected chi connectivity index (χ1v) is 12.5. The Bertz CT molecular complexity index is 1230. The standard InChI is InChI=1S/C27H29ClN4O4/c1-2-3-5-10-21-16-31(17-24(33)29-25(27(35)36)19-8-6-4-7-9-19)26(34)23-15-22(30-32(21)23)18-11-13-20(28)14-12-18/h4,6-9,11-15,21,25H,2-3,5,10,16-17H2,1H3,(H,29,33)(H,35,36)/t21?,25-/m1/s1. The maximum Gasteiger partial charge on any atom is 0.330 e. The van der Waals surface area contributed by atoms with Gasteiger partial charge in [-0.15, -0.1) is 0 Å². The van der Waals surface area contributed by atoms with Gasteiger partial charge >= 0.3 is 5.97 Å². The van der Waals surface area contributed by atoms with Gasteiger partial charge in [-0.2, -0.15) is 5.10 Å². The Hall–Kier alpha value is -3.65. The smallest absolute Gasteiger partial charge is 0.330 e. The summed E-state index contributed by atoms with van der Waals surface area (Å²) in [5, 5.41) is 17.5. The molecule has 8 nitrogen and oxygen atoms in total. The summed E-state index contributed by atoms with van der Waals surface area (Å²) in [4.78, 5) is 39.5. The van der Waals surface area contributed by atoms with Gasteiger partial charge in [0.15, 0.2) is 6.04 Å². The van der Waals surface area contributed by atoms with Crippen molar-refractivity contribution in [1.29, 1.82) is 0 Å². The quantitative estimate of drug-likeness (QED) is 0.385. The zero-order valence-electron chi connectivity index (χ0n) is 20.1. The predicted octanol–water partition coefficient (Wildman–Crippen LogP) is 4.72. The number of fused-ring (bicyclic) bond motifs is 1. The number of nitrogens with zero attached hydrogens (tertiary/aromatic N) is 3. The molecule has 0 saturated heterocycles. The van der Waals surface area contributed by atoms with Crippen LogP contribution in [0.2, 0.25) is 5.02 Å². The number of unbranched alkanes of at least 4 members (excludes halogenated alkanes) is 2. The zero-order chi connectivity index (χ0) is 25.7. The molecule has 2 amide bonds. The third-order valence-corrected chi connectivity index (χ3v) is 6.57. The molecule has 0 fully saturated rings. The van der Waals surface area contributed by atoms with Gasteiger partial charge in [0.25, 0.3) is 5.91 Å². The number of carbonyl (C=O) groups excluding carboxylic acids is 2. The van der Waals surface area contributed by atoms with Crippen molar-refractivity contribution in [2.75, 3.05) is 13.1 Å². The third kappa shape index (κ3) is 5.76. The van der Waals surface area contributed by atoms with Gasteiger partial charge in [-0.05, 0) is 30.2 Å². The highest BCUT2D eigenvalue weighted by molar-refractivity contribution is 6.30. The monoisotopic (exact) mass is 508 g/mol. The van der Waals surface area contributed by atoms with Crippen molar-refractivity contribution < 1.29 is 19.5 Å². The highest BCUT2D eigenvalue weighted by atomic mass is 35.5. The molecule has 2 heterocycles. The van der Waals surface area contributed by atoms with Crippen LogP contribution in [0.5, 0.6) is 0 Å². The molecule has 1 aromatic heterocycles. The number of carboxylic acids is 1. The molecular formula is C27H29ClN4O4. The Morgan fingerprint density at radius 2 is 1.86 bits per heavy atom. The minimum atomic E-state index is -1.19. The molecule has 188 valence electrons. The van der Waals surface area contributed by atoms with Gasteiger partial charge in [-0.3, -0.25) is 14.3 Å². The van der Waals surface area contributed by atoms with Crippen LogP contribution in [0.1, 0.15) is 60.7 Å². The summed E-state index contributed by atoms with van der Waals surface area (Å²) in [5.74, 6) is -2.00. The minimum Gasteiger partial charge on any atom is -0.479 e. The van der Waals surface area contributed by atoms with Crippen LogP contribution in [-0.4, -0.2) is 50.7 Å². The number of hydrogen-bond acceptors (Lipinski definition) is 4. The van der Waals surface area contributed by atoms with Crippen molar-refractivity contribution in [1.82, 2.24) is 20.0 Å². The van der Waals surface area contributed by atoms with Crippen LogP contribution in [0, 0.1) is 0 Å². The molecule has 0 spiro atoms. The Balaban J connectivity index is 1.55. The number of carboxylic acid groups (broad SMARTS) is 1. The molecule has 0 bridgehead atoms. The fraction of sp³-hybridized carbons (Fsp3) is 0.333. The number of nitrogens with one attached hydrogen (secondary N) is 1. The van der Waals surface area contributed by atoms with Gasteiger partial charge < -0.3 is 15.3 Å². The van der Waals surface area contributed by atoms with Crippen LogP contribution >= 0.6 is 11.6 Å². The van der Waals surface area contributed by atoms with E-state index in [2.05, 4.69) is 12.2 Å². The van der Waals surface area contributed by atoms with Crippen LogP contribution in [0.15, 0.2) is 60.7 Å². The normalized spacial score (nSPS) is 15.9. The predicted molar refractivity (Wildman–Crippen MR) is 137 cm³/mol. The third-order valence-electron chi connectivity index (χ3n) is 6.32. The van der Waals surface area contributed by atoms with Gasteiger partial charge in [0.1, 0.15) is 5.69 Å². The maximum absolute atomic E-state index is 13.4. The Morgan fingerprint density at radius 1 is 1.14 bits per heavy atom. The first-order chi connectivity index (χ1) is 17.4. The molecule has 0 saturated carbocycles. The minimum absolute atomic E-state index is 0.0810. The Morgan fingerprint density at radius 3 is 2.53 bits per heavy atom. The van der Waals surface area contributed by atoms with E-state index in [9.17, 15) is 19.5 Å². The molecule has 2 N–H and O–H groups in total. The van der Waals surface area contributed by atoms with Crippen molar-refractivity contribution in [2.45, 2.75) is 44.7 Å². The van der Waals surface area contributed by atoms with Crippen molar-refractivity contribution >= 4 is 29.4 Å². The van der Waals surface area contributed by atoms with E-state index in [4.69, 9.17) is 16.7 Å². The maximum atomic E-state index is 13.4. The molecule has 1 aliphatic heterocycles. The number of aromatic nitrogens is 2. The van der Waals surface area contributed by atoms with Crippen molar-refractivity contribution in [3.8, 4) is 11.3 Å².